The van der Waals surface area contributed by atoms with E-state index in [-0.39, 0.29) is 5.69 Å². The minimum absolute atomic E-state index is 0.0476. The summed E-state index contributed by atoms with van der Waals surface area (Å²) < 4.78 is 0. The highest BCUT2D eigenvalue weighted by Gasteiger charge is 2.05. The summed E-state index contributed by atoms with van der Waals surface area (Å²) in [4.78, 5) is 18.2. The zero-order valence-corrected chi connectivity index (χ0v) is 8.53. The number of anilines is 1. The Morgan fingerprint density at radius 2 is 2.27 bits per heavy atom. The van der Waals surface area contributed by atoms with Gasteiger partial charge in [0.1, 0.15) is 5.82 Å². The van der Waals surface area contributed by atoms with Gasteiger partial charge in [-0.15, -0.1) is 0 Å². The molecule has 15 heavy (non-hydrogen) atoms. The highest BCUT2D eigenvalue weighted by Crippen LogP contribution is 2.01. The Bertz CT molecular complexity index is 330. The fraction of sp³-hybridized carbons (Fsp3) is 0.444. The molecule has 1 aromatic rings. The maximum atomic E-state index is 10.6. The van der Waals surface area contributed by atoms with Gasteiger partial charge >= 0.3 is 5.97 Å². The third-order valence-electron chi connectivity index (χ3n) is 1.76. The number of carbonyl (C=O) groups is 1. The molecule has 0 aromatic carbocycles. The Labute approximate surface area is 87.8 Å². The standard InChI is InChI=1S/C9H14N4O2/c1-10-3-2-4-12-8-6-11-5-7(13-8)9(14)15/h5-6,10H,2-4H2,1H3,(H,12,13)(H,14,15). The monoisotopic (exact) mass is 210 g/mol. The average molecular weight is 210 g/mol. The molecule has 1 aromatic heterocycles. The number of carboxylic acids is 1. The summed E-state index contributed by atoms with van der Waals surface area (Å²) in [5.41, 5.74) is -0.0476. The minimum atomic E-state index is -1.07. The number of hydrogen-bond donors (Lipinski definition) is 3. The molecule has 0 aliphatic rings. The summed E-state index contributed by atoms with van der Waals surface area (Å²) in [5.74, 6) is -0.577. The Hall–Kier alpha value is -1.69. The first kappa shape index (κ1) is 11.4. The number of hydrogen-bond acceptors (Lipinski definition) is 5. The second-order valence-electron chi connectivity index (χ2n) is 2.98. The van der Waals surface area contributed by atoms with E-state index in [0.717, 1.165) is 19.5 Å². The van der Waals surface area contributed by atoms with Crippen LogP contribution in [0.2, 0.25) is 0 Å². The first-order valence-electron chi connectivity index (χ1n) is 4.68. The lowest BCUT2D eigenvalue weighted by Gasteiger charge is -2.04. The molecule has 0 fully saturated rings. The van der Waals surface area contributed by atoms with E-state index < -0.39 is 5.97 Å². The number of nitrogens with zero attached hydrogens (tertiary/aromatic N) is 2. The Morgan fingerprint density at radius 1 is 1.47 bits per heavy atom. The predicted molar refractivity (Wildman–Crippen MR) is 56.0 cm³/mol. The lowest BCUT2D eigenvalue weighted by molar-refractivity contribution is 0.0690. The molecule has 0 saturated carbocycles. The van der Waals surface area contributed by atoms with Crippen molar-refractivity contribution in [2.45, 2.75) is 6.42 Å². The molecule has 1 heterocycles. The summed E-state index contributed by atoms with van der Waals surface area (Å²) in [6, 6.07) is 0. The molecule has 6 nitrogen and oxygen atoms in total. The van der Waals surface area contributed by atoms with Crippen LogP contribution in [0.1, 0.15) is 16.9 Å². The molecule has 82 valence electrons. The third-order valence-corrected chi connectivity index (χ3v) is 1.76. The Kier molecular flexibility index (Phi) is 4.49. The van der Waals surface area contributed by atoms with Crippen molar-refractivity contribution in [3.8, 4) is 0 Å². The molecule has 0 bridgehead atoms. The van der Waals surface area contributed by atoms with Crippen molar-refractivity contribution in [3.05, 3.63) is 18.1 Å². The van der Waals surface area contributed by atoms with Gasteiger partial charge in [0.05, 0.1) is 12.4 Å². The smallest absolute Gasteiger partial charge is 0.356 e. The molecular formula is C9H14N4O2. The van der Waals surface area contributed by atoms with Crippen molar-refractivity contribution in [3.63, 3.8) is 0 Å². The van der Waals surface area contributed by atoms with Gasteiger partial charge in [0, 0.05) is 6.54 Å². The van der Waals surface area contributed by atoms with Crippen LogP contribution in [0.4, 0.5) is 5.82 Å². The van der Waals surface area contributed by atoms with Crippen LogP contribution in [0.5, 0.6) is 0 Å². The zero-order chi connectivity index (χ0) is 11.1. The fourth-order valence-electron chi connectivity index (χ4n) is 1.04. The average Bonchev–Trinajstić information content (AvgIpc) is 2.25. The normalized spacial score (nSPS) is 9.93. The van der Waals surface area contributed by atoms with Gasteiger partial charge < -0.3 is 15.7 Å². The summed E-state index contributed by atoms with van der Waals surface area (Å²) in [7, 11) is 1.88. The molecule has 0 unspecified atom stereocenters. The van der Waals surface area contributed by atoms with Crippen LogP contribution in [-0.2, 0) is 0 Å². The van der Waals surface area contributed by atoms with Crippen molar-refractivity contribution in [2.24, 2.45) is 0 Å². The summed E-state index contributed by atoms with van der Waals surface area (Å²) in [5, 5.41) is 14.7. The van der Waals surface area contributed by atoms with Crippen LogP contribution in [0.3, 0.4) is 0 Å². The van der Waals surface area contributed by atoms with Gasteiger partial charge in [0.15, 0.2) is 5.69 Å². The van der Waals surface area contributed by atoms with Gasteiger partial charge in [0.25, 0.3) is 0 Å². The van der Waals surface area contributed by atoms with E-state index in [2.05, 4.69) is 20.6 Å². The fourth-order valence-corrected chi connectivity index (χ4v) is 1.04. The second-order valence-corrected chi connectivity index (χ2v) is 2.98. The lowest BCUT2D eigenvalue weighted by Crippen LogP contribution is -2.14. The van der Waals surface area contributed by atoms with Gasteiger partial charge in [-0.1, -0.05) is 0 Å². The van der Waals surface area contributed by atoms with Gasteiger partial charge in [-0.3, -0.25) is 4.98 Å². The maximum absolute atomic E-state index is 10.6. The molecular weight excluding hydrogens is 196 g/mol. The summed E-state index contributed by atoms with van der Waals surface area (Å²) in [6.45, 7) is 1.64. The van der Waals surface area contributed by atoms with Gasteiger partial charge in [-0.05, 0) is 20.0 Å². The molecule has 1 rings (SSSR count). The van der Waals surface area contributed by atoms with Crippen LogP contribution in [-0.4, -0.2) is 41.2 Å². The molecule has 3 N–H and O–H groups in total. The summed E-state index contributed by atoms with van der Waals surface area (Å²) >= 11 is 0. The highest BCUT2D eigenvalue weighted by atomic mass is 16.4. The van der Waals surface area contributed by atoms with Crippen LogP contribution in [0, 0.1) is 0 Å². The predicted octanol–water partition coefficient (Wildman–Crippen LogP) is 0.196. The minimum Gasteiger partial charge on any atom is -0.476 e. The molecule has 0 spiro atoms. The lowest BCUT2D eigenvalue weighted by atomic mass is 10.4. The van der Waals surface area contributed by atoms with E-state index in [1.165, 1.54) is 12.4 Å². The van der Waals surface area contributed by atoms with Crippen molar-refractivity contribution >= 4 is 11.8 Å². The van der Waals surface area contributed by atoms with E-state index in [9.17, 15) is 4.79 Å². The van der Waals surface area contributed by atoms with E-state index in [1.807, 2.05) is 7.05 Å². The van der Waals surface area contributed by atoms with Crippen molar-refractivity contribution in [1.29, 1.82) is 0 Å². The summed E-state index contributed by atoms with van der Waals surface area (Å²) in [6.07, 6.45) is 3.67. The van der Waals surface area contributed by atoms with Gasteiger partial charge in [0.2, 0.25) is 0 Å². The Balaban J connectivity index is 2.47. The van der Waals surface area contributed by atoms with Crippen LogP contribution in [0.25, 0.3) is 0 Å². The maximum Gasteiger partial charge on any atom is 0.356 e. The molecule has 6 heteroatoms. The zero-order valence-electron chi connectivity index (χ0n) is 8.53. The Morgan fingerprint density at radius 3 is 2.93 bits per heavy atom. The van der Waals surface area contributed by atoms with Gasteiger partial charge in [-0.25, -0.2) is 9.78 Å². The second kappa shape index (κ2) is 5.92. The SMILES string of the molecule is CNCCCNc1cncc(C(=O)O)n1. The molecule has 0 aliphatic heterocycles. The third kappa shape index (κ3) is 3.90. The molecule has 0 aliphatic carbocycles. The molecule has 0 radical (unpaired) electrons. The topological polar surface area (TPSA) is 87.1 Å². The van der Waals surface area contributed by atoms with Gasteiger partial charge in [-0.2, -0.15) is 0 Å². The first-order chi connectivity index (χ1) is 7.24. The van der Waals surface area contributed by atoms with Crippen molar-refractivity contribution < 1.29 is 9.90 Å². The molecule has 0 atom stereocenters. The largest absolute Gasteiger partial charge is 0.476 e. The van der Waals surface area contributed by atoms with Crippen molar-refractivity contribution in [1.82, 2.24) is 15.3 Å². The van der Waals surface area contributed by atoms with E-state index in [4.69, 9.17) is 5.11 Å². The van der Waals surface area contributed by atoms with Crippen molar-refractivity contribution in [2.75, 3.05) is 25.5 Å². The van der Waals surface area contributed by atoms with Crippen LogP contribution >= 0.6 is 0 Å². The number of aromatic carboxylic acids is 1. The van der Waals surface area contributed by atoms with E-state index >= 15 is 0 Å². The van der Waals surface area contributed by atoms with E-state index in [0.29, 0.717) is 5.82 Å². The van der Waals surface area contributed by atoms with Crippen LogP contribution in [0.15, 0.2) is 12.4 Å². The highest BCUT2D eigenvalue weighted by molar-refractivity contribution is 5.85. The number of aromatic nitrogens is 2. The van der Waals surface area contributed by atoms with Crippen LogP contribution < -0.4 is 10.6 Å². The first-order valence-corrected chi connectivity index (χ1v) is 4.68. The van der Waals surface area contributed by atoms with E-state index in [1.54, 1.807) is 0 Å². The molecule has 0 amide bonds. The number of rotatable bonds is 6. The molecule has 0 saturated heterocycles. The number of nitrogens with one attached hydrogen (secondary N) is 2. The quantitative estimate of drug-likeness (QED) is 0.581. The number of carboxylic acid groups (broad SMARTS) is 1.